The molecule has 0 unspecified atom stereocenters. The first-order chi connectivity index (χ1) is 11.8. The molecule has 3 aromatic rings. The second-order valence-corrected chi connectivity index (χ2v) is 6.66. The van der Waals surface area contributed by atoms with Crippen molar-refractivity contribution >= 4 is 16.9 Å². The summed E-state index contributed by atoms with van der Waals surface area (Å²) in [5.74, 6) is 0.812. The molecule has 0 fully saturated rings. The molecule has 0 bridgehead atoms. The Balaban J connectivity index is 1.53. The highest BCUT2D eigenvalue weighted by Crippen LogP contribution is 2.21. The normalized spacial score (nSPS) is 10.7. The molecule has 122 valence electrons. The third-order valence-corrected chi connectivity index (χ3v) is 4.92. The lowest BCUT2D eigenvalue weighted by molar-refractivity contribution is 0.108. The fourth-order valence-electron chi connectivity index (χ4n) is 2.61. The van der Waals surface area contributed by atoms with Crippen molar-refractivity contribution in [3.8, 4) is 11.3 Å². The van der Waals surface area contributed by atoms with Crippen molar-refractivity contribution in [2.24, 2.45) is 0 Å². The zero-order valence-electron chi connectivity index (χ0n) is 13.7. The summed E-state index contributed by atoms with van der Waals surface area (Å²) in [5, 5.41) is 0.142. The number of carbonyl (C=O) groups excluding carboxylic acids is 1. The van der Waals surface area contributed by atoms with E-state index in [4.69, 9.17) is 0 Å². The first kappa shape index (κ1) is 16.5. The number of aryl methyl sites for hydroxylation is 1. The van der Waals surface area contributed by atoms with Gasteiger partial charge in [-0.1, -0.05) is 72.4 Å². The summed E-state index contributed by atoms with van der Waals surface area (Å²) in [7, 11) is 0. The molecular formula is C20H20N2OS. The Morgan fingerprint density at radius 2 is 1.71 bits per heavy atom. The van der Waals surface area contributed by atoms with Gasteiger partial charge < -0.3 is 4.57 Å². The zero-order valence-corrected chi connectivity index (χ0v) is 14.5. The maximum absolute atomic E-state index is 12.1. The maximum Gasteiger partial charge on any atom is 0.219 e. The maximum atomic E-state index is 12.1. The van der Waals surface area contributed by atoms with Gasteiger partial charge in [0.1, 0.15) is 0 Å². The molecule has 0 amide bonds. The number of aromatic nitrogens is 2. The average Bonchev–Trinajstić information content (AvgIpc) is 3.00. The monoisotopic (exact) mass is 336 g/mol. The van der Waals surface area contributed by atoms with Crippen molar-refractivity contribution in [2.75, 3.05) is 5.75 Å². The third kappa shape index (κ3) is 3.95. The second kappa shape index (κ2) is 7.97. The van der Waals surface area contributed by atoms with Gasteiger partial charge in [0.25, 0.3) is 0 Å². The SMILES string of the molecule is Cc1c(-c2ccccc2)ncn1CCCSC(=O)c1ccccc1. The molecule has 1 heterocycles. The Hall–Kier alpha value is -2.33. The van der Waals surface area contributed by atoms with Crippen molar-refractivity contribution in [2.45, 2.75) is 19.9 Å². The number of thioether (sulfide) groups is 1. The highest BCUT2D eigenvalue weighted by atomic mass is 32.2. The van der Waals surface area contributed by atoms with Crippen LogP contribution >= 0.6 is 11.8 Å². The van der Waals surface area contributed by atoms with Gasteiger partial charge in [0.2, 0.25) is 5.12 Å². The van der Waals surface area contributed by atoms with Crippen molar-refractivity contribution < 1.29 is 4.79 Å². The van der Waals surface area contributed by atoms with E-state index in [2.05, 4.69) is 28.6 Å². The van der Waals surface area contributed by atoms with Gasteiger partial charge in [0.15, 0.2) is 0 Å². The molecule has 3 nitrogen and oxygen atoms in total. The van der Waals surface area contributed by atoms with E-state index in [1.54, 1.807) is 0 Å². The van der Waals surface area contributed by atoms with Crippen LogP contribution < -0.4 is 0 Å². The van der Waals surface area contributed by atoms with Crippen LogP contribution in [-0.4, -0.2) is 20.4 Å². The number of benzene rings is 2. The van der Waals surface area contributed by atoms with E-state index in [1.807, 2.05) is 54.9 Å². The van der Waals surface area contributed by atoms with Crippen LogP contribution in [0.25, 0.3) is 11.3 Å². The third-order valence-electron chi connectivity index (χ3n) is 3.93. The summed E-state index contributed by atoms with van der Waals surface area (Å²) in [6.45, 7) is 2.97. The van der Waals surface area contributed by atoms with Crippen LogP contribution in [0.15, 0.2) is 67.0 Å². The molecular weight excluding hydrogens is 316 g/mol. The van der Waals surface area contributed by atoms with Crippen LogP contribution in [0.1, 0.15) is 22.5 Å². The minimum atomic E-state index is 0.142. The van der Waals surface area contributed by atoms with E-state index in [9.17, 15) is 4.79 Å². The van der Waals surface area contributed by atoms with Gasteiger partial charge in [-0.05, 0) is 13.3 Å². The molecule has 24 heavy (non-hydrogen) atoms. The summed E-state index contributed by atoms with van der Waals surface area (Å²) in [4.78, 5) is 16.6. The van der Waals surface area contributed by atoms with Crippen LogP contribution in [0.3, 0.4) is 0 Å². The highest BCUT2D eigenvalue weighted by Gasteiger charge is 2.09. The van der Waals surface area contributed by atoms with Crippen LogP contribution in [0.5, 0.6) is 0 Å². The topological polar surface area (TPSA) is 34.9 Å². The Morgan fingerprint density at radius 3 is 2.42 bits per heavy atom. The lowest BCUT2D eigenvalue weighted by Crippen LogP contribution is -2.02. The van der Waals surface area contributed by atoms with Gasteiger partial charge in [-0.2, -0.15) is 0 Å². The van der Waals surface area contributed by atoms with E-state index in [1.165, 1.54) is 17.5 Å². The van der Waals surface area contributed by atoms with Gasteiger partial charge in [0.05, 0.1) is 12.0 Å². The molecule has 0 saturated carbocycles. The molecule has 4 heteroatoms. The van der Waals surface area contributed by atoms with E-state index in [0.29, 0.717) is 0 Å². The van der Waals surface area contributed by atoms with Crippen LogP contribution in [0, 0.1) is 6.92 Å². The molecule has 0 aliphatic carbocycles. The number of rotatable bonds is 6. The van der Waals surface area contributed by atoms with E-state index < -0.39 is 0 Å². The fourth-order valence-corrected chi connectivity index (χ4v) is 3.37. The smallest absolute Gasteiger partial charge is 0.219 e. The van der Waals surface area contributed by atoms with Crippen molar-refractivity contribution in [1.82, 2.24) is 9.55 Å². The summed E-state index contributed by atoms with van der Waals surface area (Å²) in [6, 6.07) is 19.7. The molecule has 0 saturated heterocycles. The molecule has 0 N–H and O–H groups in total. The van der Waals surface area contributed by atoms with E-state index >= 15 is 0 Å². The molecule has 0 atom stereocenters. The van der Waals surface area contributed by atoms with Crippen molar-refractivity contribution in [1.29, 1.82) is 0 Å². The minimum Gasteiger partial charge on any atom is -0.334 e. The predicted octanol–water partition coefficient (Wildman–Crippen LogP) is 4.82. The number of carbonyl (C=O) groups is 1. The predicted molar refractivity (Wildman–Crippen MR) is 100 cm³/mol. The number of hydrogen-bond acceptors (Lipinski definition) is 3. The number of imidazole rings is 1. The minimum absolute atomic E-state index is 0.142. The van der Waals surface area contributed by atoms with Gasteiger partial charge in [-0.3, -0.25) is 4.79 Å². The first-order valence-electron chi connectivity index (χ1n) is 8.05. The molecule has 0 aliphatic heterocycles. The van der Waals surface area contributed by atoms with Crippen molar-refractivity contribution in [3.63, 3.8) is 0 Å². The summed E-state index contributed by atoms with van der Waals surface area (Å²) >= 11 is 1.39. The molecule has 3 rings (SSSR count). The molecule has 1 aromatic heterocycles. The van der Waals surface area contributed by atoms with Gasteiger partial charge in [0, 0.05) is 29.1 Å². The second-order valence-electron chi connectivity index (χ2n) is 5.59. The lowest BCUT2D eigenvalue weighted by atomic mass is 10.1. The van der Waals surface area contributed by atoms with Crippen molar-refractivity contribution in [3.05, 3.63) is 78.2 Å². The van der Waals surface area contributed by atoms with E-state index in [0.717, 1.165) is 35.5 Å². The van der Waals surface area contributed by atoms with Crippen LogP contribution in [0.2, 0.25) is 0 Å². The molecule has 0 spiro atoms. The summed E-state index contributed by atoms with van der Waals surface area (Å²) in [5.41, 5.74) is 4.11. The number of nitrogens with zero attached hydrogens (tertiary/aromatic N) is 2. The first-order valence-corrected chi connectivity index (χ1v) is 9.03. The Labute approximate surface area is 146 Å². The standard InChI is InChI=1S/C20H20N2OS/c1-16-19(17-9-4-2-5-10-17)21-15-22(16)13-8-14-24-20(23)18-11-6-3-7-12-18/h2-7,9-12,15H,8,13-14H2,1H3. The Morgan fingerprint density at radius 1 is 1.04 bits per heavy atom. The average molecular weight is 336 g/mol. The van der Waals surface area contributed by atoms with Gasteiger partial charge in [-0.15, -0.1) is 0 Å². The van der Waals surface area contributed by atoms with E-state index in [-0.39, 0.29) is 5.12 Å². The summed E-state index contributed by atoms with van der Waals surface area (Å²) in [6.07, 6.45) is 2.83. The van der Waals surface area contributed by atoms with Gasteiger partial charge >= 0.3 is 0 Å². The van der Waals surface area contributed by atoms with Crippen LogP contribution in [-0.2, 0) is 6.54 Å². The van der Waals surface area contributed by atoms with Crippen LogP contribution in [0.4, 0.5) is 0 Å². The number of hydrogen-bond donors (Lipinski definition) is 0. The highest BCUT2D eigenvalue weighted by molar-refractivity contribution is 8.14. The molecule has 2 aromatic carbocycles. The molecule has 0 aliphatic rings. The lowest BCUT2D eigenvalue weighted by Gasteiger charge is -2.06. The Kier molecular flexibility index (Phi) is 5.49. The summed E-state index contributed by atoms with van der Waals surface area (Å²) < 4.78 is 2.16. The molecule has 0 radical (unpaired) electrons. The zero-order chi connectivity index (χ0) is 16.8. The fraction of sp³-hybridized carbons (Fsp3) is 0.200. The largest absolute Gasteiger partial charge is 0.334 e. The quantitative estimate of drug-likeness (QED) is 0.605. The Bertz CT molecular complexity index is 797. The van der Waals surface area contributed by atoms with Gasteiger partial charge in [-0.25, -0.2) is 4.98 Å².